The molecule has 2 saturated carbocycles. The summed E-state index contributed by atoms with van der Waals surface area (Å²) in [6, 6.07) is 0.817. The van der Waals surface area contributed by atoms with Crippen molar-refractivity contribution in [2.75, 3.05) is 26.2 Å². The molecule has 0 spiro atoms. The minimum absolute atomic E-state index is 0.362. The molecule has 0 unspecified atom stereocenters. The zero-order chi connectivity index (χ0) is 13.1. The van der Waals surface area contributed by atoms with Gasteiger partial charge in [-0.1, -0.05) is 32.1 Å². The number of nitrogens with zero attached hydrogens (tertiary/aromatic N) is 2. The molecule has 1 heterocycles. The third kappa shape index (κ3) is 3.13. The van der Waals surface area contributed by atoms with Gasteiger partial charge in [0.05, 0.1) is 0 Å². The Morgan fingerprint density at radius 1 is 0.737 bits per heavy atom. The van der Waals surface area contributed by atoms with Gasteiger partial charge in [-0.2, -0.15) is 0 Å². The Kier molecular flexibility index (Phi) is 4.42. The van der Waals surface area contributed by atoms with Crippen LogP contribution in [0.3, 0.4) is 0 Å². The molecule has 3 heteroatoms. The average molecular weight is 264 g/mol. The highest BCUT2D eigenvalue weighted by atomic mass is 16.2. The smallest absolute Gasteiger partial charge is 0.225 e. The van der Waals surface area contributed by atoms with E-state index in [1.165, 1.54) is 44.9 Å². The topological polar surface area (TPSA) is 23.6 Å². The molecule has 0 atom stereocenters. The number of hydrogen-bond acceptors (Lipinski definition) is 2. The Morgan fingerprint density at radius 2 is 1.32 bits per heavy atom. The van der Waals surface area contributed by atoms with Crippen molar-refractivity contribution >= 4 is 5.91 Å². The molecule has 3 rings (SSSR count). The maximum Gasteiger partial charge on any atom is 0.225 e. The number of carbonyl (C=O) groups excluding carboxylic acids is 1. The molecule has 0 N–H and O–H groups in total. The van der Waals surface area contributed by atoms with E-state index in [4.69, 9.17) is 0 Å². The van der Waals surface area contributed by atoms with Crippen molar-refractivity contribution < 1.29 is 4.79 Å². The highest BCUT2D eigenvalue weighted by Gasteiger charge is 2.31. The summed E-state index contributed by atoms with van der Waals surface area (Å²) in [5, 5.41) is 0. The van der Waals surface area contributed by atoms with Crippen LogP contribution in [0.2, 0.25) is 0 Å². The predicted molar refractivity (Wildman–Crippen MR) is 77.0 cm³/mol. The molecule has 0 aromatic heterocycles. The SMILES string of the molecule is O=C(C1CCCC1)N1CCN(C2CCCCC2)CC1. The standard InChI is InChI=1S/C16H28N2O/c19-16(14-6-4-5-7-14)18-12-10-17(11-13-18)15-8-2-1-3-9-15/h14-15H,1-13H2. The van der Waals surface area contributed by atoms with Crippen molar-refractivity contribution in [1.29, 1.82) is 0 Å². The summed E-state index contributed by atoms with van der Waals surface area (Å²) in [4.78, 5) is 17.2. The number of hydrogen-bond donors (Lipinski definition) is 0. The fraction of sp³-hybridized carbons (Fsp3) is 0.938. The van der Waals surface area contributed by atoms with Crippen LogP contribution in [0.25, 0.3) is 0 Å². The Morgan fingerprint density at radius 3 is 1.95 bits per heavy atom. The van der Waals surface area contributed by atoms with Crippen LogP contribution in [0.5, 0.6) is 0 Å². The van der Waals surface area contributed by atoms with Crippen molar-refractivity contribution in [3.05, 3.63) is 0 Å². The highest BCUT2D eigenvalue weighted by molar-refractivity contribution is 5.79. The van der Waals surface area contributed by atoms with Crippen LogP contribution in [-0.4, -0.2) is 47.9 Å². The van der Waals surface area contributed by atoms with Gasteiger partial charge in [0, 0.05) is 38.1 Å². The molecule has 1 amide bonds. The lowest BCUT2D eigenvalue weighted by Crippen LogP contribution is -2.53. The van der Waals surface area contributed by atoms with Crippen LogP contribution in [0, 0.1) is 5.92 Å². The minimum Gasteiger partial charge on any atom is -0.340 e. The second kappa shape index (κ2) is 6.25. The molecule has 0 aromatic rings. The Hall–Kier alpha value is -0.570. The first-order valence-electron chi connectivity index (χ1n) is 8.37. The lowest BCUT2D eigenvalue weighted by Gasteiger charge is -2.41. The lowest BCUT2D eigenvalue weighted by molar-refractivity contribution is -0.137. The highest BCUT2D eigenvalue weighted by Crippen LogP contribution is 2.28. The molecular formula is C16H28N2O. The normalized spacial score (nSPS) is 27.9. The van der Waals surface area contributed by atoms with E-state index < -0.39 is 0 Å². The van der Waals surface area contributed by atoms with Gasteiger partial charge in [0.2, 0.25) is 5.91 Å². The van der Waals surface area contributed by atoms with Crippen LogP contribution < -0.4 is 0 Å². The van der Waals surface area contributed by atoms with E-state index in [0.717, 1.165) is 45.1 Å². The van der Waals surface area contributed by atoms with Gasteiger partial charge in [0.25, 0.3) is 0 Å². The Balaban J connectivity index is 1.47. The Labute approximate surface area is 117 Å². The summed E-state index contributed by atoms with van der Waals surface area (Å²) < 4.78 is 0. The van der Waals surface area contributed by atoms with Gasteiger partial charge in [0.15, 0.2) is 0 Å². The van der Waals surface area contributed by atoms with Crippen molar-refractivity contribution in [1.82, 2.24) is 9.80 Å². The quantitative estimate of drug-likeness (QED) is 0.765. The van der Waals surface area contributed by atoms with E-state index in [0.29, 0.717) is 11.8 Å². The first kappa shape index (κ1) is 13.4. The van der Waals surface area contributed by atoms with Gasteiger partial charge in [0.1, 0.15) is 0 Å². The predicted octanol–water partition coefficient (Wildman–Crippen LogP) is 2.65. The molecule has 2 aliphatic carbocycles. The maximum absolute atomic E-state index is 12.4. The van der Waals surface area contributed by atoms with Gasteiger partial charge in [-0.05, 0) is 25.7 Å². The lowest BCUT2D eigenvalue weighted by atomic mass is 9.93. The third-order valence-electron chi connectivity index (χ3n) is 5.42. The first-order valence-corrected chi connectivity index (χ1v) is 8.37. The van der Waals surface area contributed by atoms with Crippen LogP contribution in [-0.2, 0) is 4.79 Å². The molecule has 0 aromatic carbocycles. The molecule has 1 aliphatic heterocycles. The summed E-state index contributed by atoms with van der Waals surface area (Å²) in [6.45, 7) is 4.18. The number of rotatable bonds is 2. The van der Waals surface area contributed by atoms with Gasteiger partial charge in [-0.25, -0.2) is 0 Å². The van der Waals surface area contributed by atoms with Crippen LogP contribution in [0.15, 0.2) is 0 Å². The summed E-state index contributed by atoms with van der Waals surface area (Å²) in [5.74, 6) is 0.821. The summed E-state index contributed by atoms with van der Waals surface area (Å²) in [7, 11) is 0. The zero-order valence-corrected chi connectivity index (χ0v) is 12.1. The van der Waals surface area contributed by atoms with Crippen LogP contribution in [0.4, 0.5) is 0 Å². The maximum atomic E-state index is 12.4. The van der Waals surface area contributed by atoms with E-state index in [-0.39, 0.29) is 0 Å². The molecule has 3 aliphatic rings. The summed E-state index contributed by atoms with van der Waals surface area (Å²) in [6.07, 6.45) is 11.8. The molecule has 0 radical (unpaired) electrons. The van der Waals surface area contributed by atoms with E-state index in [9.17, 15) is 4.79 Å². The number of amides is 1. The molecule has 1 saturated heterocycles. The van der Waals surface area contributed by atoms with E-state index >= 15 is 0 Å². The molecule has 3 fully saturated rings. The summed E-state index contributed by atoms with van der Waals surface area (Å²) in [5.41, 5.74) is 0. The van der Waals surface area contributed by atoms with Crippen LogP contribution in [0.1, 0.15) is 57.8 Å². The van der Waals surface area contributed by atoms with Crippen molar-refractivity contribution in [2.24, 2.45) is 5.92 Å². The molecular weight excluding hydrogens is 236 g/mol. The van der Waals surface area contributed by atoms with Gasteiger partial charge in [-0.3, -0.25) is 9.69 Å². The number of carbonyl (C=O) groups is 1. The molecule has 0 bridgehead atoms. The number of piperazine rings is 1. The first-order chi connectivity index (χ1) is 9.34. The minimum atomic E-state index is 0.362. The monoisotopic (exact) mass is 264 g/mol. The van der Waals surface area contributed by atoms with Crippen molar-refractivity contribution in [3.8, 4) is 0 Å². The van der Waals surface area contributed by atoms with Crippen molar-refractivity contribution in [3.63, 3.8) is 0 Å². The van der Waals surface area contributed by atoms with E-state index in [2.05, 4.69) is 9.80 Å². The van der Waals surface area contributed by atoms with Crippen molar-refractivity contribution in [2.45, 2.75) is 63.8 Å². The fourth-order valence-electron chi connectivity index (χ4n) is 4.18. The zero-order valence-electron chi connectivity index (χ0n) is 12.1. The van der Waals surface area contributed by atoms with E-state index in [1.54, 1.807) is 0 Å². The molecule has 108 valence electrons. The largest absolute Gasteiger partial charge is 0.340 e. The van der Waals surface area contributed by atoms with Gasteiger partial charge in [-0.15, -0.1) is 0 Å². The molecule has 19 heavy (non-hydrogen) atoms. The van der Waals surface area contributed by atoms with E-state index in [1.807, 2.05) is 0 Å². The summed E-state index contributed by atoms with van der Waals surface area (Å²) >= 11 is 0. The Bertz CT molecular complexity index is 298. The van der Waals surface area contributed by atoms with Gasteiger partial charge < -0.3 is 4.90 Å². The second-order valence-electron chi connectivity index (χ2n) is 6.63. The fourth-order valence-corrected chi connectivity index (χ4v) is 4.18. The molecule has 3 nitrogen and oxygen atoms in total. The average Bonchev–Trinajstić information content (AvgIpc) is 3.02. The van der Waals surface area contributed by atoms with Crippen LogP contribution >= 0.6 is 0 Å². The van der Waals surface area contributed by atoms with Gasteiger partial charge >= 0.3 is 0 Å². The second-order valence-corrected chi connectivity index (χ2v) is 6.63. The third-order valence-corrected chi connectivity index (χ3v) is 5.42.